The molecule has 7 nitrogen and oxygen atoms in total. The number of benzene rings is 2. The van der Waals surface area contributed by atoms with Crippen LogP contribution in [0.25, 0.3) is 5.76 Å². The largest absolute Gasteiger partial charge is 0.441 e. The number of nitro groups is 1. The Morgan fingerprint density at radius 3 is 2.52 bits per heavy atom. The molecule has 0 spiro atoms. The standard InChI is InChI=1S/C20H15N3O4/c1-12(24)17-18(14-8-5-9-15(10-14)23(25)26)16(11-21)20(22)27-19(17)13-6-3-2-4-7-13/h2-10,16,18,22H,1H3. The number of nitro benzene ring substituents is 1. The Labute approximate surface area is 155 Å². The number of nitrogens with zero attached hydrogens (tertiary/aromatic N) is 2. The van der Waals surface area contributed by atoms with Crippen LogP contribution in [0.15, 0.2) is 60.2 Å². The molecule has 3 rings (SSSR count). The van der Waals surface area contributed by atoms with E-state index in [9.17, 15) is 20.2 Å². The lowest BCUT2D eigenvalue weighted by Crippen LogP contribution is -2.32. The quantitative estimate of drug-likeness (QED) is 0.656. The van der Waals surface area contributed by atoms with Crippen LogP contribution in [-0.4, -0.2) is 16.6 Å². The van der Waals surface area contributed by atoms with Crippen molar-refractivity contribution >= 4 is 23.1 Å². The molecule has 0 fully saturated rings. The maximum absolute atomic E-state index is 12.5. The van der Waals surface area contributed by atoms with Gasteiger partial charge in [0, 0.05) is 29.2 Å². The summed E-state index contributed by atoms with van der Waals surface area (Å²) in [6, 6.07) is 16.6. The lowest BCUT2D eigenvalue weighted by molar-refractivity contribution is -0.384. The molecule has 2 aromatic rings. The van der Waals surface area contributed by atoms with Crippen molar-refractivity contribution in [1.29, 1.82) is 10.7 Å². The number of hydrogen-bond acceptors (Lipinski definition) is 6. The summed E-state index contributed by atoms with van der Waals surface area (Å²) in [6.45, 7) is 1.36. The topological polar surface area (TPSA) is 117 Å². The Morgan fingerprint density at radius 1 is 1.22 bits per heavy atom. The van der Waals surface area contributed by atoms with Gasteiger partial charge in [0.05, 0.1) is 11.0 Å². The average Bonchev–Trinajstić information content (AvgIpc) is 2.67. The van der Waals surface area contributed by atoms with Gasteiger partial charge in [-0.25, -0.2) is 0 Å². The van der Waals surface area contributed by atoms with Gasteiger partial charge in [-0.3, -0.25) is 20.3 Å². The summed E-state index contributed by atoms with van der Waals surface area (Å²) in [5.41, 5.74) is 1.09. The SMILES string of the molecule is CC(=O)C1=C(c2ccccc2)OC(=N)C(C#N)C1c1cccc([N+](=O)[O-])c1. The average molecular weight is 361 g/mol. The molecule has 0 bridgehead atoms. The highest BCUT2D eigenvalue weighted by molar-refractivity contribution is 6.06. The van der Waals surface area contributed by atoms with E-state index in [2.05, 4.69) is 0 Å². The molecule has 0 amide bonds. The van der Waals surface area contributed by atoms with Crippen LogP contribution in [0.5, 0.6) is 0 Å². The molecule has 0 saturated heterocycles. The second kappa shape index (κ2) is 7.22. The first-order chi connectivity index (χ1) is 12.9. The van der Waals surface area contributed by atoms with Gasteiger partial charge in [-0.15, -0.1) is 0 Å². The Hall–Kier alpha value is -3.79. The molecule has 7 heteroatoms. The van der Waals surface area contributed by atoms with Gasteiger partial charge in [0.25, 0.3) is 5.69 Å². The Kier molecular flexibility index (Phi) is 4.81. The van der Waals surface area contributed by atoms with E-state index in [1.807, 2.05) is 12.1 Å². The summed E-state index contributed by atoms with van der Waals surface area (Å²) in [4.78, 5) is 23.1. The summed E-state index contributed by atoms with van der Waals surface area (Å²) >= 11 is 0. The lowest BCUT2D eigenvalue weighted by Gasteiger charge is -2.31. The molecular formula is C20H15N3O4. The zero-order valence-electron chi connectivity index (χ0n) is 14.4. The molecule has 0 saturated carbocycles. The van der Waals surface area contributed by atoms with Crippen molar-refractivity contribution in [2.45, 2.75) is 12.8 Å². The van der Waals surface area contributed by atoms with Crippen LogP contribution < -0.4 is 0 Å². The highest BCUT2D eigenvalue weighted by Gasteiger charge is 2.41. The molecule has 2 aromatic carbocycles. The monoisotopic (exact) mass is 361 g/mol. The molecule has 2 unspecified atom stereocenters. The molecular weight excluding hydrogens is 346 g/mol. The second-order valence-electron chi connectivity index (χ2n) is 6.07. The number of nitriles is 1. The van der Waals surface area contributed by atoms with Gasteiger partial charge < -0.3 is 4.74 Å². The summed E-state index contributed by atoms with van der Waals surface area (Å²) < 4.78 is 5.56. The van der Waals surface area contributed by atoms with Gasteiger partial charge in [0.2, 0.25) is 5.90 Å². The first-order valence-electron chi connectivity index (χ1n) is 8.14. The minimum absolute atomic E-state index is 0.147. The molecule has 27 heavy (non-hydrogen) atoms. The summed E-state index contributed by atoms with van der Waals surface area (Å²) in [5.74, 6) is -2.30. The number of ketones is 1. The molecule has 1 heterocycles. The molecule has 2 atom stereocenters. The van der Waals surface area contributed by atoms with E-state index in [4.69, 9.17) is 10.1 Å². The number of ether oxygens (including phenoxy) is 1. The van der Waals surface area contributed by atoms with Crippen LogP contribution in [0, 0.1) is 32.8 Å². The first-order valence-corrected chi connectivity index (χ1v) is 8.14. The molecule has 1 aliphatic rings. The molecule has 1 N–H and O–H groups in total. The predicted octanol–water partition coefficient (Wildman–Crippen LogP) is 3.83. The Balaban J connectivity index is 2.28. The highest BCUT2D eigenvalue weighted by Crippen LogP contribution is 2.43. The van der Waals surface area contributed by atoms with Crippen molar-refractivity contribution in [3.05, 3.63) is 81.4 Å². The lowest BCUT2D eigenvalue weighted by atomic mass is 9.76. The van der Waals surface area contributed by atoms with Crippen LogP contribution >= 0.6 is 0 Å². The predicted molar refractivity (Wildman–Crippen MR) is 97.8 cm³/mol. The van der Waals surface area contributed by atoms with Gasteiger partial charge in [0.1, 0.15) is 11.7 Å². The molecule has 0 aromatic heterocycles. The second-order valence-corrected chi connectivity index (χ2v) is 6.07. The van der Waals surface area contributed by atoms with E-state index in [0.29, 0.717) is 11.1 Å². The van der Waals surface area contributed by atoms with Gasteiger partial charge in [-0.05, 0) is 12.5 Å². The third kappa shape index (κ3) is 3.33. The molecule has 0 radical (unpaired) electrons. The van der Waals surface area contributed by atoms with E-state index >= 15 is 0 Å². The first kappa shape index (κ1) is 18.0. The van der Waals surface area contributed by atoms with E-state index in [-0.39, 0.29) is 28.7 Å². The number of Topliss-reactive ketones (excluding diaryl/α,β-unsaturated/α-hetero) is 1. The van der Waals surface area contributed by atoms with Crippen molar-refractivity contribution in [3.8, 4) is 6.07 Å². The number of hydrogen-bond donors (Lipinski definition) is 1. The Bertz CT molecular complexity index is 1010. The molecule has 134 valence electrons. The number of rotatable bonds is 4. The van der Waals surface area contributed by atoms with Crippen LogP contribution in [-0.2, 0) is 9.53 Å². The number of nitrogens with one attached hydrogen (secondary N) is 1. The van der Waals surface area contributed by atoms with Crippen LogP contribution in [0.3, 0.4) is 0 Å². The van der Waals surface area contributed by atoms with Crippen LogP contribution in [0.2, 0.25) is 0 Å². The maximum atomic E-state index is 12.5. The van der Waals surface area contributed by atoms with Crippen molar-refractivity contribution in [2.75, 3.05) is 0 Å². The van der Waals surface area contributed by atoms with Crippen LogP contribution in [0.1, 0.15) is 24.0 Å². The fourth-order valence-electron chi connectivity index (χ4n) is 3.19. The van der Waals surface area contributed by atoms with Gasteiger partial charge in [-0.2, -0.15) is 5.26 Å². The number of allylic oxidation sites excluding steroid dienone is 1. The number of non-ortho nitro benzene ring substituents is 1. The van der Waals surface area contributed by atoms with E-state index < -0.39 is 16.8 Å². The fraction of sp³-hybridized carbons (Fsp3) is 0.150. The zero-order valence-corrected chi connectivity index (χ0v) is 14.4. The fourth-order valence-corrected chi connectivity index (χ4v) is 3.19. The normalized spacial score (nSPS) is 19.2. The van der Waals surface area contributed by atoms with Crippen molar-refractivity contribution in [3.63, 3.8) is 0 Å². The summed E-state index contributed by atoms with van der Waals surface area (Å²) in [7, 11) is 0. The zero-order chi connectivity index (χ0) is 19.6. The van der Waals surface area contributed by atoms with Gasteiger partial charge in [0.15, 0.2) is 5.78 Å². The molecule has 1 aliphatic heterocycles. The Morgan fingerprint density at radius 2 is 1.93 bits per heavy atom. The van der Waals surface area contributed by atoms with Crippen molar-refractivity contribution in [2.24, 2.45) is 5.92 Å². The number of carbonyl (C=O) groups is 1. The minimum atomic E-state index is -1.06. The number of carbonyl (C=O) groups excluding carboxylic acids is 1. The van der Waals surface area contributed by atoms with E-state index in [0.717, 1.165) is 0 Å². The van der Waals surface area contributed by atoms with Crippen LogP contribution in [0.4, 0.5) is 5.69 Å². The third-order valence-corrected chi connectivity index (χ3v) is 4.38. The minimum Gasteiger partial charge on any atom is -0.441 e. The van der Waals surface area contributed by atoms with E-state index in [1.165, 1.54) is 25.1 Å². The third-order valence-electron chi connectivity index (χ3n) is 4.38. The molecule has 0 aliphatic carbocycles. The summed E-state index contributed by atoms with van der Waals surface area (Å²) in [5, 5.41) is 28.9. The summed E-state index contributed by atoms with van der Waals surface area (Å²) in [6.07, 6.45) is 0. The van der Waals surface area contributed by atoms with Gasteiger partial charge >= 0.3 is 0 Å². The van der Waals surface area contributed by atoms with Gasteiger partial charge in [-0.1, -0.05) is 42.5 Å². The van der Waals surface area contributed by atoms with Crippen molar-refractivity contribution in [1.82, 2.24) is 0 Å². The maximum Gasteiger partial charge on any atom is 0.269 e. The van der Waals surface area contributed by atoms with E-state index in [1.54, 1.807) is 30.3 Å². The smallest absolute Gasteiger partial charge is 0.269 e. The van der Waals surface area contributed by atoms with Crippen molar-refractivity contribution < 1.29 is 14.5 Å². The highest BCUT2D eigenvalue weighted by atomic mass is 16.6.